The molecule has 4 heteroatoms. The monoisotopic (exact) mass is 359 g/mol. The summed E-state index contributed by atoms with van der Waals surface area (Å²) in [6.45, 7) is 2.99. The molecular weight excluding hydrogens is 341 g/mol. The Bertz CT molecular complexity index is 1200. The highest BCUT2D eigenvalue weighted by Crippen LogP contribution is 2.30. The summed E-state index contributed by atoms with van der Waals surface area (Å²) in [6, 6.07) is 17.6. The third kappa shape index (κ3) is 2.99. The standard InChI is InChI=1S/C23H18FNO2/c1-2-25-20-6-4-3-5-17(20)18-13-15(7-10-21(18)25)8-11-22(26)19-14-16(24)9-12-23(19)27/h3-14,27H,2H2,1H3/b11-8+. The van der Waals surface area contributed by atoms with E-state index < -0.39 is 11.6 Å². The van der Waals surface area contributed by atoms with Crippen LogP contribution in [0.25, 0.3) is 27.9 Å². The van der Waals surface area contributed by atoms with E-state index in [0.717, 1.165) is 35.1 Å². The summed E-state index contributed by atoms with van der Waals surface area (Å²) in [6.07, 6.45) is 3.04. The first-order valence-corrected chi connectivity index (χ1v) is 8.80. The molecule has 0 radical (unpaired) electrons. The average molecular weight is 359 g/mol. The number of nitrogens with zero attached hydrogens (tertiary/aromatic N) is 1. The topological polar surface area (TPSA) is 42.2 Å². The highest BCUT2D eigenvalue weighted by Gasteiger charge is 2.11. The summed E-state index contributed by atoms with van der Waals surface area (Å²) < 4.78 is 15.6. The number of benzene rings is 3. The Kier molecular flexibility index (Phi) is 4.24. The van der Waals surface area contributed by atoms with Crippen LogP contribution in [-0.2, 0) is 6.54 Å². The van der Waals surface area contributed by atoms with Gasteiger partial charge in [-0.25, -0.2) is 4.39 Å². The van der Waals surface area contributed by atoms with Crippen molar-refractivity contribution in [3.8, 4) is 5.75 Å². The Balaban J connectivity index is 1.74. The molecule has 0 bridgehead atoms. The fraction of sp³-hybridized carbons (Fsp3) is 0.0870. The summed E-state index contributed by atoms with van der Waals surface area (Å²) in [7, 11) is 0. The number of ketones is 1. The van der Waals surface area contributed by atoms with E-state index in [1.54, 1.807) is 6.08 Å². The molecule has 27 heavy (non-hydrogen) atoms. The van der Waals surface area contributed by atoms with Gasteiger partial charge in [0.2, 0.25) is 0 Å². The highest BCUT2D eigenvalue weighted by molar-refractivity contribution is 6.10. The molecule has 1 heterocycles. The largest absolute Gasteiger partial charge is 0.507 e. The zero-order chi connectivity index (χ0) is 19.0. The van der Waals surface area contributed by atoms with Gasteiger partial charge in [-0.3, -0.25) is 4.79 Å². The van der Waals surface area contributed by atoms with Gasteiger partial charge in [0.25, 0.3) is 0 Å². The van der Waals surface area contributed by atoms with Gasteiger partial charge in [0.05, 0.1) is 5.56 Å². The Hall–Kier alpha value is -3.40. The quantitative estimate of drug-likeness (QED) is 0.383. The van der Waals surface area contributed by atoms with Crippen LogP contribution in [0.5, 0.6) is 5.75 Å². The maximum absolute atomic E-state index is 13.3. The number of carbonyl (C=O) groups is 1. The van der Waals surface area contributed by atoms with E-state index in [1.807, 2.05) is 30.3 Å². The van der Waals surface area contributed by atoms with Crippen LogP contribution in [0, 0.1) is 5.82 Å². The number of fused-ring (bicyclic) bond motifs is 3. The SMILES string of the molecule is CCn1c2ccccc2c2cc(/C=C/C(=O)c3cc(F)ccc3O)ccc21. The summed E-state index contributed by atoms with van der Waals surface area (Å²) >= 11 is 0. The highest BCUT2D eigenvalue weighted by atomic mass is 19.1. The van der Waals surface area contributed by atoms with Crippen LogP contribution in [0.1, 0.15) is 22.8 Å². The Morgan fingerprint density at radius 2 is 1.81 bits per heavy atom. The van der Waals surface area contributed by atoms with E-state index in [9.17, 15) is 14.3 Å². The number of halogens is 1. The molecule has 0 unspecified atom stereocenters. The van der Waals surface area contributed by atoms with E-state index in [-0.39, 0.29) is 11.3 Å². The third-order valence-corrected chi connectivity index (χ3v) is 4.76. The number of aromatic hydroxyl groups is 1. The van der Waals surface area contributed by atoms with Crippen LogP contribution < -0.4 is 0 Å². The van der Waals surface area contributed by atoms with Crippen molar-refractivity contribution in [3.63, 3.8) is 0 Å². The number of phenolic OH excluding ortho intramolecular Hbond substituents is 1. The minimum absolute atomic E-state index is 0.0464. The molecule has 4 rings (SSSR count). The second-order valence-electron chi connectivity index (χ2n) is 6.40. The first kappa shape index (κ1) is 17.0. The van der Waals surface area contributed by atoms with Crippen LogP contribution in [0.3, 0.4) is 0 Å². The fourth-order valence-electron chi connectivity index (χ4n) is 3.48. The maximum Gasteiger partial charge on any atom is 0.189 e. The predicted octanol–water partition coefficient (Wildman–Crippen LogP) is 5.56. The predicted molar refractivity (Wildman–Crippen MR) is 107 cm³/mol. The van der Waals surface area contributed by atoms with E-state index in [1.165, 1.54) is 23.0 Å². The van der Waals surface area contributed by atoms with Crippen molar-refractivity contribution < 1.29 is 14.3 Å². The molecule has 0 amide bonds. The lowest BCUT2D eigenvalue weighted by molar-refractivity contribution is 0.104. The Morgan fingerprint density at radius 1 is 1.04 bits per heavy atom. The van der Waals surface area contributed by atoms with Crippen molar-refractivity contribution >= 4 is 33.7 Å². The average Bonchev–Trinajstić information content (AvgIpc) is 3.01. The first-order chi connectivity index (χ1) is 13.1. The van der Waals surface area contributed by atoms with Gasteiger partial charge in [-0.05, 0) is 55.0 Å². The molecule has 3 aromatic carbocycles. The van der Waals surface area contributed by atoms with E-state index in [2.05, 4.69) is 23.6 Å². The third-order valence-electron chi connectivity index (χ3n) is 4.76. The Morgan fingerprint density at radius 3 is 2.63 bits per heavy atom. The van der Waals surface area contributed by atoms with Gasteiger partial charge >= 0.3 is 0 Å². The van der Waals surface area contributed by atoms with Crippen molar-refractivity contribution in [1.82, 2.24) is 4.57 Å². The number of rotatable bonds is 4. The Labute approximate surface area is 156 Å². The normalized spacial score (nSPS) is 11.6. The lowest BCUT2D eigenvalue weighted by Gasteiger charge is -2.03. The van der Waals surface area contributed by atoms with Gasteiger partial charge < -0.3 is 9.67 Å². The minimum atomic E-state index is -0.557. The van der Waals surface area contributed by atoms with Crippen LogP contribution in [0.15, 0.2) is 66.7 Å². The second-order valence-corrected chi connectivity index (χ2v) is 6.40. The van der Waals surface area contributed by atoms with Gasteiger partial charge in [-0.1, -0.05) is 30.3 Å². The van der Waals surface area contributed by atoms with E-state index in [4.69, 9.17) is 0 Å². The molecule has 1 N–H and O–H groups in total. The molecule has 1 aromatic heterocycles. The number of aromatic nitrogens is 1. The maximum atomic E-state index is 13.3. The number of phenols is 1. The van der Waals surface area contributed by atoms with Gasteiger partial charge in [0, 0.05) is 28.4 Å². The number of hydrogen-bond acceptors (Lipinski definition) is 2. The van der Waals surface area contributed by atoms with Gasteiger partial charge in [0.1, 0.15) is 11.6 Å². The van der Waals surface area contributed by atoms with Crippen molar-refractivity contribution in [3.05, 3.63) is 83.7 Å². The molecule has 0 fully saturated rings. The van der Waals surface area contributed by atoms with Gasteiger partial charge in [0.15, 0.2) is 5.78 Å². The lowest BCUT2D eigenvalue weighted by atomic mass is 10.1. The van der Waals surface area contributed by atoms with Crippen LogP contribution in [0.2, 0.25) is 0 Å². The summed E-state index contributed by atoms with van der Waals surface area (Å²) in [4.78, 5) is 12.3. The minimum Gasteiger partial charge on any atom is -0.507 e. The summed E-state index contributed by atoms with van der Waals surface area (Å²) in [5, 5.41) is 12.1. The molecule has 0 aliphatic heterocycles. The molecule has 4 aromatic rings. The van der Waals surface area contributed by atoms with Crippen LogP contribution in [0.4, 0.5) is 4.39 Å². The molecule has 134 valence electrons. The fourth-order valence-corrected chi connectivity index (χ4v) is 3.48. The second kappa shape index (κ2) is 6.72. The molecule has 0 atom stereocenters. The summed E-state index contributed by atoms with van der Waals surface area (Å²) in [5.41, 5.74) is 3.14. The zero-order valence-corrected chi connectivity index (χ0v) is 14.8. The molecular formula is C23H18FNO2. The number of para-hydroxylation sites is 1. The summed E-state index contributed by atoms with van der Waals surface area (Å²) in [5.74, 6) is -1.23. The van der Waals surface area contributed by atoms with Crippen molar-refractivity contribution in [2.75, 3.05) is 0 Å². The van der Waals surface area contributed by atoms with Crippen molar-refractivity contribution in [2.24, 2.45) is 0 Å². The molecule has 0 saturated heterocycles. The van der Waals surface area contributed by atoms with Crippen LogP contribution in [-0.4, -0.2) is 15.5 Å². The molecule has 0 aliphatic rings. The van der Waals surface area contributed by atoms with Crippen molar-refractivity contribution in [1.29, 1.82) is 0 Å². The number of allylic oxidation sites excluding steroid dienone is 1. The zero-order valence-electron chi connectivity index (χ0n) is 14.8. The van der Waals surface area contributed by atoms with Gasteiger partial charge in [-0.15, -0.1) is 0 Å². The van der Waals surface area contributed by atoms with Crippen molar-refractivity contribution in [2.45, 2.75) is 13.5 Å². The van der Waals surface area contributed by atoms with Gasteiger partial charge in [-0.2, -0.15) is 0 Å². The van der Waals surface area contributed by atoms with Crippen LogP contribution >= 0.6 is 0 Å². The lowest BCUT2D eigenvalue weighted by Crippen LogP contribution is -1.96. The number of hydrogen-bond donors (Lipinski definition) is 1. The number of aryl methyl sites for hydroxylation is 1. The van der Waals surface area contributed by atoms with E-state index in [0.29, 0.717) is 0 Å². The van der Waals surface area contributed by atoms with E-state index >= 15 is 0 Å². The first-order valence-electron chi connectivity index (χ1n) is 8.80. The molecule has 0 aliphatic carbocycles. The molecule has 0 saturated carbocycles. The number of carbonyl (C=O) groups excluding carboxylic acids is 1. The molecule has 0 spiro atoms. The smallest absolute Gasteiger partial charge is 0.189 e. The molecule has 3 nitrogen and oxygen atoms in total.